The van der Waals surface area contributed by atoms with Crippen molar-refractivity contribution in [2.75, 3.05) is 27.2 Å². The molecule has 4 nitrogen and oxygen atoms in total. The molecular formula is C20H20ClN3OS. The minimum absolute atomic E-state index is 0.0912. The summed E-state index contributed by atoms with van der Waals surface area (Å²) >= 11 is 7.72. The number of para-hydroxylation sites is 1. The molecule has 0 radical (unpaired) electrons. The van der Waals surface area contributed by atoms with Crippen LogP contribution in [0.25, 0.3) is 10.9 Å². The van der Waals surface area contributed by atoms with Crippen molar-refractivity contribution >= 4 is 40.2 Å². The number of carbonyl (C=O) groups is 1. The normalized spacial score (nSPS) is 11.1. The minimum atomic E-state index is -0.0912. The van der Waals surface area contributed by atoms with Gasteiger partial charge in [-0.25, -0.2) is 4.98 Å². The van der Waals surface area contributed by atoms with Crippen LogP contribution in [0.1, 0.15) is 10.4 Å². The second-order valence-corrected chi connectivity index (χ2v) is 7.59. The summed E-state index contributed by atoms with van der Waals surface area (Å²) < 4.78 is 0. The molecule has 2 aromatic carbocycles. The predicted octanol–water partition coefficient (Wildman–Crippen LogP) is 4.33. The van der Waals surface area contributed by atoms with Crippen LogP contribution >= 0.6 is 23.4 Å². The lowest BCUT2D eigenvalue weighted by atomic mass is 10.1. The number of rotatable bonds is 6. The summed E-state index contributed by atoms with van der Waals surface area (Å²) in [5.41, 5.74) is 1.42. The van der Waals surface area contributed by atoms with Gasteiger partial charge in [-0.1, -0.05) is 53.7 Å². The second-order valence-electron chi connectivity index (χ2n) is 6.12. The van der Waals surface area contributed by atoms with Gasteiger partial charge < -0.3 is 10.2 Å². The van der Waals surface area contributed by atoms with Crippen LogP contribution in [0, 0.1) is 0 Å². The molecule has 0 aliphatic carbocycles. The molecule has 3 rings (SSSR count). The van der Waals surface area contributed by atoms with E-state index in [4.69, 9.17) is 11.6 Å². The average molecular weight is 386 g/mol. The zero-order valence-corrected chi connectivity index (χ0v) is 16.3. The van der Waals surface area contributed by atoms with E-state index in [0.29, 0.717) is 17.1 Å². The molecular weight excluding hydrogens is 366 g/mol. The van der Waals surface area contributed by atoms with Crippen molar-refractivity contribution < 1.29 is 4.79 Å². The lowest BCUT2D eigenvalue weighted by molar-refractivity contribution is 0.0952. The van der Waals surface area contributed by atoms with Gasteiger partial charge in [-0.05, 0) is 38.4 Å². The van der Waals surface area contributed by atoms with Crippen LogP contribution in [0.15, 0.2) is 64.5 Å². The summed E-state index contributed by atoms with van der Waals surface area (Å²) in [6.45, 7) is 1.38. The maximum atomic E-state index is 12.7. The van der Waals surface area contributed by atoms with Crippen LogP contribution in [0.2, 0.25) is 5.02 Å². The van der Waals surface area contributed by atoms with Gasteiger partial charge in [0.25, 0.3) is 5.91 Å². The van der Waals surface area contributed by atoms with Gasteiger partial charge >= 0.3 is 0 Å². The molecule has 0 aliphatic rings. The molecule has 1 N–H and O–H groups in total. The third-order valence-corrected chi connectivity index (χ3v) is 5.27. The van der Waals surface area contributed by atoms with E-state index in [1.165, 1.54) is 11.8 Å². The van der Waals surface area contributed by atoms with E-state index >= 15 is 0 Å². The Bertz CT molecular complexity index is 930. The summed E-state index contributed by atoms with van der Waals surface area (Å²) in [5, 5.41) is 5.24. The minimum Gasteiger partial charge on any atom is -0.351 e. The molecule has 1 amide bonds. The topological polar surface area (TPSA) is 45.2 Å². The molecule has 0 spiro atoms. The van der Waals surface area contributed by atoms with Crippen molar-refractivity contribution in [3.8, 4) is 0 Å². The van der Waals surface area contributed by atoms with Crippen LogP contribution < -0.4 is 5.32 Å². The van der Waals surface area contributed by atoms with Crippen molar-refractivity contribution in [2.45, 2.75) is 9.92 Å². The number of halogens is 1. The zero-order chi connectivity index (χ0) is 18.5. The van der Waals surface area contributed by atoms with Crippen LogP contribution in [0.5, 0.6) is 0 Å². The first kappa shape index (κ1) is 18.7. The lowest BCUT2D eigenvalue weighted by Crippen LogP contribution is -2.31. The number of carbonyl (C=O) groups excluding carboxylic acids is 1. The maximum Gasteiger partial charge on any atom is 0.252 e. The smallest absolute Gasteiger partial charge is 0.252 e. The highest BCUT2D eigenvalue weighted by Gasteiger charge is 2.14. The molecule has 6 heteroatoms. The molecule has 0 aliphatic heterocycles. The lowest BCUT2D eigenvalue weighted by Gasteiger charge is -2.12. The third-order valence-electron chi connectivity index (χ3n) is 3.83. The maximum absolute atomic E-state index is 12.7. The SMILES string of the molecule is CN(C)CCNC(=O)c1cc(Sc2ccccc2Cl)nc2ccccc12. The highest BCUT2D eigenvalue weighted by molar-refractivity contribution is 7.99. The van der Waals surface area contributed by atoms with Gasteiger partial charge in [0.05, 0.1) is 16.1 Å². The first-order valence-electron chi connectivity index (χ1n) is 8.29. The number of nitrogens with one attached hydrogen (secondary N) is 1. The zero-order valence-electron chi connectivity index (χ0n) is 14.7. The van der Waals surface area contributed by atoms with Crippen LogP contribution in [0.3, 0.4) is 0 Å². The van der Waals surface area contributed by atoms with Crippen LogP contribution in [-0.2, 0) is 0 Å². The van der Waals surface area contributed by atoms with E-state index in [0.717, 1.165) is 27.4 Å². The Morgan fingerprint density at radius 2 is 1.88 bits per heavy atom. The average Bonchev–Trinajstić information content (AvgIpc) is 2.62. The predicted molar refractivity (Wildman–Crippen MR) is 108 cm³/mol. The Labute approximate surface area is 162 Å². The number of nitrogens with zero attached hydrogens (tertiary/aromatic N) is 2. The van der Waals surface area contributed by atoms with Gasteiger partial charge in [0.15, 0.2) is 0 Å². The quantitative estimate of drug-likeness (QED) is 0.686. The molecule has 134 valence electrons. The molecule has 1 heterocycles. The van der Waals surface area contributed by atoms with Gasteiger partial charge in [0.2, 0.25) is 0 Å². The number of fused-ring (bicyclic) bond motifs is 1. The fourth-order valence-electron chi connectivity index (χ4n) is 2.52. The Hall–Kier alpha value is -2.08. The van der Waals surface area contributed by atoms with Gasteiger partial charge in [0, 0.05) is 23.4 Å². The number of benzene rings is 2. The van der Waals surface area contributed by atoms with Gasteiger partial charge in [0.1, 0.15) is 5.03 Å². The largest absolute Gasteiger partial charge is 0.351 e. The fourth-order valence-corrected chi connectivity index (χ4v) is 3.63. The van der Waals surface area contributed by atoms with Crippen LogP contribution in [0.4, 0.5) is 0 Å². The number of aromatic nitrogens is 1. The van der Waals surface area contributed by atoms with Gasteiger partial charge in [-0.15, -0.1) is 0 Å². The van der Waals surface area contributed by atoms with E-state index in [-0.39, 0.29) is 5.91 Å². The first-order valence-corrected chi connectivity index (χ1v) is 9.49. The highest BCUT2D eigenvalue weighted by atomic mass is 35.5. The van der Waals surface area contributed by atoms with Gasteiger partial charge in [-0.3, -0.25) is 4.79 Å². The number of pyridine rings is 1. The summed E-state index contributed by atoms with van der Waals surface area (Å²) in [6.07, 6.45) is 0. The molecule has 0 saturated heterocycles. The standard InChI is InChI=1S/C20H20ClN3OS/c1-24(2)12-11-22-20(25)15-13-19(23-17-9-5-3-7-14(15)17)26-18-10-6-4-8-16(18)21/h3-10,13H,11-12H2,1-2H3,(H,22,25). The highest BCUT2D eigenvalue weighted by Crippen LogP contribution is 2.33. The third kappa shape index (κ3) is 4.55. The molecule has 0 fully saturated rings. The molecule has 26 heavy (non-hydrogen) atoms. The Balaban J connectivity index is 1.93. The first-order chi connectivity index (χ1) is 12.5. The number of hydrogen-bond donors (Lipinski definition) is 1. The van der Waals surface area contributed by atoms with Crippen molar-refractivity contribution in [3.63, 3.8) is 0 Å². The van der Waals surface area contributed by atoms with Gasteiger partial charge in [-0.2, -0.15) is 0 Å². The summed E-state index contributed by atoms with van der Waals surface area (Å²) in [7, 11) is 3.96. The summed E-state index contributed by atoms with van der Waals surface area (Å²) in [4.78, 5) is 20.3. The van der Waals surface area contributed by atoms with E-state index in [1.54, 1.807) is 0 Å². The number of likely N-dealkylation sites (N-methyl/N-ethyl adjacent to an activating group) is 1. The molecule has 0 atom stereocenters. The molecule has 0 unspecified atom stereocenters. The van der Waals surface area contributed by atoms with E-state index in [2.05, 4.69) is 10.3 Å². The Kier molecular flexibility index (Phi) is 6.14. The number of amides is 1. The summed E-state index contributed by atoms with van der Waals surface area (Å²) in [6, 6.07) is 17.1. The number of hydrogen-bond acceptors (Lipinski definition) is 4. The van der Waals surface area contributed by atoms with E-state index in [1.807, 2.05) is 73.6 Å². The van der Waals surface area contributed by atoms with Crippen molar-refractivity contribution in [1.29, 1.82) is 0 Å². The molecule has 1 aromatic heterocycles. The molecule has 0 saturated carbocycles. The molecule has 0 bridgehead atoms. The van der Waals surface area contributed by atoms with Crippen molar-refractivity contribution in [1.82, 2.24) is 15.2 Å². The fraction of sp³-hybridized carbons (Fsp3) is 0.200. The van der Waals surface area contributed by atoms with Crippen LogP contribution in [-0.4, -0.2) is 43.0 Å². The Morgan fingerprint density at radius 1 is 1.15 bits per heavy atom. The van der Waals surface area contributed by atoms with Crippen molar-refractivity contribution in [3.05, 3.63) is 65.2 Å². The molecule has 3 aromatic rings. The monoisotopic (exact) mass is 385 g/mol. The van der Waals surface area contributed by atoms with E-state index in [9.17, 15) is 4.79 Å². The van der Waals surface area contributed by atoms with E-state index < -0.39 is 0 Å². The summed E-state index contributed by atoms with van der Waals surface area (Å²) in [5.74, 6) is -0.0912. The van der Waals surface area contributed by atoms with Crippen molar-refractivity contribution in [2.24, 2.45) is 0 Å². The Morgan fingerprint density at radius 3 is 2.65 bits per heavy atom. The second kappa shape index (κ2) is 8.54.